The minimum absolute atomic E-state index is 0.333. The van der Waals surface area contributed by atoms with Crippen molar-refractivity contribution in [1.29, 1.82) is 0 Å². The quantitative estimate of drug-likeness (QED) is 0.824. The monoisotopic (exact) mass is 341 g/mol. The average Bonchev–Trinajstić information content (AvgIpc) is 2.94. The summed E-state index contributed by atoms with van der Waals surface area (Å²) in [5, 5.41) is 0. The lowest BCUT2D eigenvalue weighted by Crippen LogP contribution is -2.50. The van der Waals surface area contributed by atoms with Gasteiger partial charge in [0.05, 0.1) is 6.54 Å². The van der Waals surface area contributed by atoms with Crippen LogP contribution in [0.3, 0.4) is 0 Å². The van der Waals surface area contributed by atoms with Gasteiger partial charge in [0, 0.05) is 45.8 Å². The minimum atomic E-state index is 0.333. The Morgan fingerprint density at radius 1 is 0.840 bits per heavy atom. The first-order valence-corrected chi connectivity index (χ1v) is 9.75. The van der Waals surface area contributed by atoms with E-state index in [2.05, 4.69) is 51.1 Å². The molecule has 25 heavy (non-hydrogen) atoms. The zero-order chi connectivity index (χ0) is 17.3. The smallest absolute Gasteiger partial charge is 0.236 e. The number of hydrogen-bond acceptors (Lipinski definition) is 3. The van der Waals surface area contributed by atoms with Gasteiger partial charge < -0.3 is 4.90 Å². The summed E-state index contributed by atoms with van der Waals surface area (Å²) in [6, 6.07) is 10.4. The Bertz CT molecular complexity index is 542. The third-order valence-electron chi connectivity index (χ3n) is 5.26. The molecule has 1 aromatic carbocycles. The first-order chi connectivity index (χ1) is 12.3. The molecule has 0 saturated carbocycles. The van der Waals surface area contributed by atoms with Crippen LogP contribution < -0.4 is 0 Å². The van der Waals surface area contributed by atoms with Crippen LogP contribution in [0.2, 0.25) is 0 Å². The van der Waals surface area contributed by atoms with Crippen LogP contribution in [0.25, 0.3) is 6.08 Å². The minimum Gasteiger partial charge on any atom is -0.342 e. The standard InChI is InChI=1S/C21H31N3O/c25-21(24-13-6-1-2-7-14-24)19-23-17-15-22(16-18-23)12-8-11-20-9-4-3-5-10-20/h3-5,8-11H,1-2,6-7,12-19H2/b11-8+. The van der Waals surface area contributed by atoms with Gasteiger partial charge in [0.15, 0.2) is 0 Å². The number of piperazine rings is 1. The largest absolute Gasteiger partial charge is 0.342 e. The molecule has 2 aliphatic rings. The first kappa shape index (κ1) is 18.2. The van der Waals surface area contributed by atoms with Crippen LogP contribution in [0, 0.1) is 0 Å². The van der Waals surface area contributed by atoms with Gasteiger partial charge in [-0.25, -0.2) is 0 Å². The number of carbonyl (C=O) groups is 1. The summed E-state index contributed by atoms with van der Waals surface area (Å²) in [6.07, 6.45) is 9.33. The highest BCUT2D eigenvalue weighted by atomic mass is 16.2. The van der Waals surface area contributed by atoms with Gasteiger partial charge in [-0.1, -0.05) is 55.3 Å². The maximum atomic E-state index is 12.5. The Hall–Kier alpha value is -1.65. The van der Waals surface area contributed by atoms with E-state index in [0.717, 1.165) is 45.8 Å². The molecule has 1 aromatic rings. The Labute approximate surface area is 152 Å². The van der Waals surface area contributed by atoms with Crippen molar-refractivity contribution in [1.82, 2.24) is 14.7 Å². The predicted octanol–water partition coefficient (Wildman–Crippen LogP) is 2.72. The third-order valence-corrected chi connectivity index (χ3v) is 5.26. The highest BCUT2D eigenvalue weighted by Gasteiger charge is 2.21. The van der Waals surface area contributed by atoms with Gasteiger partial charge in [-0.2, -0.15) is 0 Å². The molecule has 3 rings (SSSR count). The summed E-state index contributed by atoms with van der Waals surface area (Å²) in [6.45, 7) is 7.61. The molecule has 4 heteroatoms. The lowest BCUT2D eigenvalue weighted by molar-refractivity contribution is -0.132. The molecular weight excluding hydrogens is 310 g/mol. The van der Waals surface area contributed by atoms with Gasteiger partial charge in [0.1, 0.15) is 0 Å². The van der Waals surface area contributed by atoms with Gasteiger partial charge in [0.2, 0.25) is 5.91 Å². The highest BCUT2D eigenvalue weighted by Crippen LogP contribution is 2.11. The van der Waals surface area contributed by atoms with Crippen LogP contribution >= 0.6 is 0 Å². The van der Waals surface area contributed by atoms with Gasteiger partial charge >= 0.3 is 0 Å². The molecule has 0 N–H and O–H groups in total. The van der Waals surface area contributed by atoms with Crippen molar-refractivity contribution in [3.63, 3.8) is 0 Å². The molecule has 2 fully saturated rings. The van der Waals surface area contributed by atoms with Crippen molar-refractivity contribution in [2.24, 2.45) is 0 Å². The highest BCUT2D eigenvalue weighted by molar-refractivity contribution is 5.78. The van der Waals surface area contributed by atoms with Crippen molar-refractivity contribution in [3.05, 3.63) is 42.0 Å². The van der Waals surface area contributed by atoms with Crippen LogP contribution in [0.5, 0.6) is 0 Å². The number of hydrogen-bond donors (Lipinski definition) is 0. The van der Waals surface area contributed by atoms with Crippen molar-refractivity contribution >= 4 is 12.0 Å². The van der Waals surface area contributed by atoms with Crippen molar-refractivity contribution in [2.45, 2.75) is 25.7 Å². The lowest BCUT2D eigenvalue weighted by Gasteiger charge is -2.34. The molecule has 0 aromatic heterocycles. The zero-order valence-corrected chi connectivity index (χ0v) is 15.3. The van der Waals surface area contributed by atoms with E-state index >= 15 is 0 Å². The van der Waals surface area contributed by atoms with E-state index < -0.39 is 0 Å². The fourth-order valence-corrected chi connectivity index (χ4v) is 3.64. The summed E-state index contributed by atoms with van der Waals surface area (Å²) >= 11 is 0. The Kier molecular flexibility index (Phi) is 7.07. The maximum Gasteiger partial charge on any atom is 0.236 e. The van der Waals surface area contributed by atoms with Gasteiger partial charge in [-0.3, -0.25) is 14.6 Å². The normalized spacial score (nSPS) is 20.7. The Balaban J connectivity index is 1.36. The molecule has 0 aliphatic carbocycles. The molecule has 1 amide bonds. The molecule has 0 atom stereocenters. The number of nitrogens with zero attached hydrogens (tertiary/aromatic N) is 3. The van der Waals surface area contributed by atoms with E-state index in [1.54, 1.807) is 0 Å². The van der Waals surface area contributed by atoms with Crippen LogP contribution in [-0.4, -0.2) is 73.0 Å². The van der Waals surface area contributed by atoms with E-state index in [1.165, 1.54) is 31.2 Å². The molecule has 0 spiro atoms. The lowest BCUT2D eigenvalue weighted by atomic mass is 10.2. The average molecular weight is 341 g/mol. The number of carbonyl (C=O) groups excluding carboxylic acids is 1. The number of likely N-dealkylation sites (tertiary alicyclic amines) is 1. The second kappa shape index (κ2) is 9.73. The van der Waals surface area contributed by atoms with Crippen molar-refractivity contribution in [2.75, 3.05) is 52.4 Å². The summed E-state index contributed by atoms with van der Waals surface area (Å²) < 4.78 is 0. The number of amides is 1. The molecule has 2 aliphatic heterocycles. The van der Waals surface area contributed by atoms with E-state index in [0.29, 0.717) is 12.5 Å². The SMILES string of the molecule is O=C(CN1CCN(C/C=C/c2ccccc2)CC1)N1CCCCCC1. The molecule has 2 heterocycles. The molecule has 136 valence electrons. The van der Waals surface area contributed by atoms with E-state index in [9.17, 15) is 4.79 Å². The molecule has 4 nitrogen and oxygen atoms in total. The van der Waals surface area contributed by atoms with E-state index in [1.807, 2.05) is 6.07 Å². The third kappa shape index (κ3) is 5.98. The Morgan fingerprint density at radius 2 is 1.48 bits per heavy atom. The fourth-order valence-electron chi connectivity index (χ4n) is 3.64. The summed E-state index contributed by atoms with van der Waals surface area (Å²) in [4.78, 5) is 19.4. The number of benzene rings is 1. The van der Waals surface area contributed by atoms with Gasteiger partial charge in [0.25, 0.3) is 0 Å². The van der Waals surface area contributed by atoms with Crippen LogP contribution in [0.1, 0.15) is 31.2 Å². The topological polar surface area (TPSA) is 26.8 Å². The van der Waals surface area contributed by atoms with E-state index in [-0.39, 0.29) is 0 Å². The maximum absolute atomic E-state index is 12.5. The summed E-state index contributed by atoms with van der Waals surface area (Å²) in [7, 11) is 0. The first-order valence-electron chi connectivity index (χ1n) is 9.75. The molecular formula is C21H31N3O. The zero-order valence-electron chi connectivity index (χ0n) is 15.3. The Morgan fingerprint density at radius 3 is 2.16 bits per heavy atom. The summed E-state index contributed by atoms with van der Waals surface area (Å²) in [5.41, 5.74) is 1.25. The fraction of sp³-hybridized carbons (Fsp3) is 0.571. The molecule has 2 saturated heterocycles. The summed E-state index contributed by atoms with van der Waals surface area (Å²) in [5.74, 6) is 0.333. The van der Waals surface area contributed by atoms with Crippen LogP contribution in [-0.2, 0) is 4.79 Å². The molecule has 0 bridgehead atoms. The van der Waals surface area contributed by atoms with Crippen LogP contribution in [0.15, 0.2) is 36.4 Å². The predicted molar refractivity (Wildman–Crippen MR) is 103 cm³/mol. The van der Waals surface area contributed by atoms with Crippen molar-refractivity contribution in [3.8, 4) is 0 Å². The van der Waals surface area contributed by atoms with Crippen molar-refractivity contribution < 1.29 is 4.79 Å². The van der Waals surface area contributed by atoms with E-state index in [4.69, 9.17) is 0 Å². The van der Waals surface area contributed by atoms with Gasteiger partial charge in [-0.05, 0) is 18.4 Å². The second-order valence-corrected chi connectivity index (χ2v) is 7.18. The molecule has 0 unspecified atom stereocenters. The second-order valence-electron chi connectivity index (χ2n) is 7.18. The molecule has 0 radical (unpaired) electrons. The van der Waals surface area contributed by atoms with Crippen LogP contribution in [0.4, 0.5) is 0 Å². The van der Waals surface area contributed by atoms with Gasteiger partial charge in [-0.15, -0.1) is 0 Å². The number of rotatable bonds is 5.